The van der Waals surface area contributed by atoms with E-state index in [9.17, 15) is 26.4 Å². The highest BCUT2D eigenvalue weighted by Gasteiger charge is 2.27. The molecule has 3 aromatic carbocycles. The van der Waals surface area contributed by atoms with E-state index in [1.54, 1.807) is 6.07 Å². The Morgan fingerprint density at radius 2 is 1.47 bits per heavy atom. The van der Waals surface area contributed by atoms with Crippen LogP contribution in [-0.2, 0) is 10.0 Å². The molecule has 0 spiro atoms. The fourth-order valence-electron chi connectivity index (χ4n) is 2.65. The molecule has 0 aromatic heterocycles. The summed E-state index contributed by atoms with van der Waals surface area (Å²) < 4.78 is 64.9. The molecule has 0 saturated carbocycles. The van der Waals surface area contributed by atoms with Crippen LogP contribution in [0.3, 0.4) is 0 Å². The van der Waals surface area contributed by atoms with E-state index in [0.29, 0.717) is 10.7 Å². The van der Waals surface area contributed by atoms with Gasteiger partial charge in [-0.2, -0.15) is 13.2 Å². The first-order chi connectivity index (χ1) is 15.0. The van der Waals surface area contributed by atoms with Crippen LogP contribution in [0.25, 0.3) is 0 Å². The number of benzene rings is 3. The highest BCUT2D eigenvalue weighted by Crippen LogP contribution is 2.25. The number of hydrogen-bond donors (Lipinski definition) is 3. The van der Waals surface area contributed by atoms with Crippen molar-refractivity contribution >= 4 is 44.6 Å². The molecule has 0 aliphatic rings. The van der Waals surface area contributed by atoms with Gasteiger partial charge in [0.2, 0.25) is 0 Å². The molecule has 3 rings (SSSR count). The number of carbonyl (C=O) groups excluding carboxylic acids is 1. The number of nitrogens with one attached hydrogen (secondary N) is 3. The molecular weight excluding hydrogens is 467 g/mol. The van der Waals surface area contributed by atoms with Crippen LogP contribution in [0.4, 0.5) is 30.2 Å². The summed E-state index contributed by atoms with van der Waals surface area (Å²) in [6, 6.07) is 17.1. The Morgan fingerprint density at radius 3 is 2.06 bits per heavy atom. The third kappa shape index (κ3) is 6.38. The van der Waals surface area contributed by atoms with Gasteiger partial charge in [-0.25, -0.2) is 8.42 Å². The summed E-state index contributed by atoms with van der Waals surface area (Å²) >= 11 is 5.78. The molecule has 32 heavy (non-hydrogen) atoms. The fraction of sp³-hybridized carbons (Fsp3) is 0.0952. The van der Waals surface area contributed by atoms with Crippen LogP contribution in [0, 0.1) is 0 Å². The van der Waals surface area contributed by atoms with Crippen molar-refractivity contribution in [3.05, 3.63) is 83.4 Å². The van der Waals surface area contributed by atoms with Crippen LogP contribution in [-0.4, -0.2) is 27.0 Å². The molecular formula is C21H17ClF3N3O3S. The molecule has 0 unspecified atom stereocenters. The molecule has 3 aromatic rings. The van der Waals surface area contributed by atoms with Gasteiger partial charge in [0.15, 0.2) is 0 Å². The predicted molar refractivity (Wildman–Crippen MR) is 118 cm³/mol. The van der Waals surface area contributed by atoms with E-state index in [4.69, 9.17) is 11.6 Å². The van der Waals surface area contributed by atoms with Gasteiger partial charge < -0.3 is 10.6 Å². The average molecular weight is 484 g/mol. The minimum Gasteiger partial charge on any atom is -0.375 e. The minimum atomic E-state index is -4.42. The van der Waals surface area contributed by atoms with Crippen LogP contribution in [0.5, 0.6) is 0 Å². The first-order valence-corrected chi connectivity index (χ1v) is 11.0. The lowest BCUT2D eigenvalue weighted by atomic mass is 10.2. The van der Waals surface area contributed by atoms with Crippen molar-refractivity contribution in [3.63, 3.8) is 0 Å². The van der Waals surface area contributed by atoms with E-state index < -0.39 is 28.7 Å². The van der Waals surface area contributed by atoms with Gasteiger partial charge in [-0.05, 0) is 60.7 Å². The minimum absolute atomic E-state index is 0.0729. The van der Waals surface area contributed by atoms with Crippen molar-refractivity contribution in [3.8, 4) is 0 Å². The summed E-state index contributed by atoms with van der Waals surface area (Å²) in [5.74, 6) is -0.610. The second kappa shape index (κ2) is 9.49. The van der Waals surface area contributed by atoms with Crippen LogP contribution in [0.2, 0.25) is 5.02 Å². The smallest absolute Gasteiger partial charge is 0.375 e. The first kappa shape index (κ1) is 23.4. The number of para-hydroxylation sites is 2. The molecule has 11 heteroatoms. The Balaban J connectivity index is 1.71. The molecule has 0 aliphatic heterocycles. The summed E-state index contributed by atoms with van der Waals surface area (Å²) in [5, 5.41) is 5.21. The molecule has 3 N–H and O–H groups in total. The molecule has 0 fully saturated rings. The largest absolute Gasteiger partial charge is 0.405 e. The number of halogens is 4. The Labute approximate surface area is 187 Å². The maximum atomic E-state index is 12.5. The van der Waals surface area contributed by atoms with Crippen molar-refractivity contribution in [2.45, 2.75) is 11.1 Å². The molecule has 168 valence electrons. The lowest BCUT2D eigenvalue weighted by Gasteiger charge is -2.14. The van der Waals surface area contributed by atoms with Gasteiger partial charge in [-0.1, -0.05) is 23.7 Å². The summed E-state index contributed by atoms with van der Waals surface area (Å²) in [6.45, 7) is -1.26. The Bertz CT molecular complexity index is 1200. The number of rotatable bonds is 7. The van der Waals surface area contributed by atoms with Crippen molar-refractivity contribution in [2.75, 3.05) is 21.9 Å². The molecule has 0 aliphatic carbocycles. The van der Waals surface area contributed by atoms with Gasteiger partial charge >= 0.3 is 6.18 Å². The maximum Gasteiger partial charge on any atom is 0.405 e. The molecule has 6 nitrogen and oxygen atoms in total. The zero-order valence-corrected chi connectivity index (χ0v) is 17.9. The highest BCUT2D eigenvalue weighted by atomic mass is 35.5. The van der Waals surface area contributed by atoms with Gasteiger partial charge in [0.25, 0.3) is 15.9 Å². The third-order valence-electron chi connectivity index (χ3n) is 4.18. The summed E-state index contributed by atoms with van der Waals surface area (Å²) in [5.41, 5.74) is 0.702. The Kier molecular flexibility index (Phi) is 6.95. The average Bonchev–Trinajstić information content (AvgIpc) is 2.74. The Morgan fingerprint density at radius 1 is 0.875 bits per heavy atom. The zero-order chi connectivity index (χ0) is 23.4. The normalized spacial score (nSPS) is 11.6. The fourth-order valence-corrected chi connectivity index (χ4v) is 3.84. The van der Waals surface area contributed by atoms with Crippen molar-refractivity contribution in [2.24, 2.45) is 0 Å². The lowest BCUT2D eigenvalue weighted by Crippen LogP contribution is -2.22. The molecule has 0 atom stereocenters. The highest BCUT2D eigenvalue weighted by molar-refractivity contribution is 7.92. The lowest BCUT2D eigenvalue weighted by molar-refractivity contribution is -0.115. The monoisotopic (exact) mass is 483 g/mol. The number of hydrogen-bond acceptors (Lipinski definition) is 4. The van der Waals surface area contributed by atoms with Crippen molar-refractivity contribution < 1.29 is 26.4 Å². The van der Waals surface area contributed by atoms with E-state index in [1.165, 1.54) is 66.7 Å². The predicted octanol–water partition coefficient (Wildman–Crippen LogP) is 5.37. The molecule has 0 radical (unpaired) electrons. The van der Waals surface area contributed by atoms with Gasteiger partial charge in [0, 0.05) is 16.3 Å². The number of carbonyl (C=O) groups is 1. The molecule has 0 bridgehead atoms. The third-order valence-corrected chi connectivity index (χ3v) is 5.83. The van der Waals surface area contributed by atoms with Gasteiger partial charge in [-0.3, -0.25) is 9.52 Å². The van der Waals surface area contributed by atoms with E-state index in [2.05, 4.69) is 15.4 Å². The standard InChI is InChI=1S/C21H17ClF3N3O3S/c22-15-7-9-16(10-8-15)28-32(30,31)17-11-5-14(6-12-17)20(29)27-19-4-2-1-3-18(19)26-13-21(23,24)25/h1-12,26,28H,13H2,(H,27,29). The summed E-state index contributed by atoms with van der Waals surface area (Å²) in [6.07, 6.45) is -4.42. The van der Waals surface area contributed by atoms with E-state index >= 15 is 0 Å². The second-order valence-corrected chi connectivity index (χ2v) is 8.72. The van der Waals surface area contributed by atoms with Crippen molar-refractivity contribution in [1.29, 1.82) is 0 Å². The number of sulfonamides is 1. The van der Waals surface area contributed by atoms with Gasteiger partial charge in [0.05, 0.1) is 16.3 Å². The second-order valence-electron chi connectivity index (χ2n) is 6.61. The van der Waals surface area contributed by atoms with Crippen LogP contribution < -0.4 is 15.4 Å². The topological polar surface area (TPSA) is 87.3 Å². The van der Waals surface area contributed by atoms with Crippen LogP contribution in [0.1, 0.15) is 10.4 Å². The van der Waals surface area contributed by atoms with Crippen molar-refractivity contribution in [1.82, 2.24) is 0 Å². The summed E-state index contributed by atoms with van der Waals surface area (Å²) in [4.78, 5) is 12.4. The quantitative estimate of drug-likeness (QED) is 0.422. The summed E-state index contributed by atoms with van der Waals surface area (Å²) in [7, 11) is -3.90. The molecule has 0 saturated heterocycles. The van der Waals surface area contributed by atoms with Crippen LogP contribution in [0.15, 0.2) is 77.7 Å². The van der Waals surface area contributed by atoms with E-state index in [0.717, 1.165) is 0 Å². The number of anilines is 3. The van der Waals surface area contributed by atoms with E-state index in [-0.39, 0.29) is 21.8 Å². The first-order valence-electron chi connectivity index (χ1n) is 9.13. The Hall–Kier alpha value is -3.24. The number of alkyl halides is 3. The maximum absolute atomic E-state index is 12.5. The SMILES string of the molecule is O=C(Nc1ccccc1NCC(F)(F)F)c1ccc(S(=O)(=O)Nc2ccc(Cl)cc2)cc1. The van der Waals surface area contributed by atoms with Gasteiger partial charge in [-0.15, -0.1) is 0 Å². The van der Waals surface area contributed by atoms with Gasteiger partial charge in [0.1, 0.15) is 6.54 Å². The molecule has 1 amide bonds. The molecule has 0 heterocycles. The zero-order valence-electron chi connectivity index (χ0n) is 16.3. The number of amides is 1. The van der Waals surface area contributed by atoms with Crippen LogP contribution >= 0.6 is 11.6 Å². The van der Waals surface area contributed by atoms with E-state index in [1.807, 2.05) is 0 Å².